The highest BCUT2D eigenvalue weighted by Crippen LogP contribution is 2.30. The third-order valence-electron chi connectivity index (χ3n) is 3.78. The van der Waals surface area contributed by atoms with Crippen molar-refractivity contribution in [1.82, 2.24) is 10.6 Å². The smallest absolute Gasteiger partial charge is 0.237 e. The molecule has 1 aliphatic rings. The Bertz CT molecular complexity index is 517. The first-order chi connectivity index (χ1) is 10.4. The number of para-hydroxylation sites is 1. The highest BCUT2D eigenvalue weighted by molar-refractivity contribution is 5.85. The zero-order valence-corrected chi connectivity index (χ0v) is 14.8. The Hall–Kier alpha value is -1.30. The molecule has 1 saturated heterocycles. The molecule has 0 saturated carbocycles. The van der Waals surface area contributed by atoms with Gasteiger partial charge < -0.3 is 20.5 Å². The van der Waals surface area contributed by atoms with E-state index in [0.29, 0.717) is 26.1 Å². The Kier molecular flexibility index (Phi) is 7.32. The van der Waals surface area contributed by atoms with Gasteiger partial charge in [0, 0.05) is 6.54 Å². The van der Waals surface area contributed by atoms with E-state index in [1.165, 1.54) is 0 Å². The molecule has 23 heavy (non-hydrogen) atoms. The monoisotopic (exact) mass is 342 g/mol. The number of nitrogens with one attached hydrogen (secondary N) is 2. The molecule has 1 aromatic rings. The Labute approximate surface area is 144 Å². The van der Waals surface area contributed by atoms with E-state index >= 15 is 0 Å². The molecule has 2 rings (SSSR count). The minimum absolute atomic E-state index is 0. The molecule has 2 atom stereocenters. The lowest BCUT2D eigenvalue weighted by Crippen LogP contribution is -2.41. The van der Waals surface area contributed by atoms with Crippen LogP contribution in [0.2, 0.25) is 0 Å². The summed E-state index contributed by atoms with van der Waals surface area (Å²) in [5.41, 5.74) is 1.17. The first kappa shape index (κ1) is 19.7. The van der Waals surface area contributed by atoms with Crippen LogP contribution < -0.4 is 15.4 Å². The van der Waals surface area contributed by atoms with Crippen molar-refractivity contribution in [3.63, 3.8) is 0 Å². The summed E-state index contributed by atoms with van der Waals surface area (Å²) in [6.45, 7) is 7.79. The lowest BCUT2D eigenvalue weighted by atomic mass is 9.86. The minimum atomic E-state index is -0.425. The molecule has 1 amide bonds. The zero-order valence-electron chi connectivity index (χ0n) is 14.0. The van der Waals surface area contributed by atoms with Crippen LogP contribution in [0.25, 0.3) is 0 Å². The zero-order chi connectivity index (χ0) is 16.2. The second-order valence-corrected chi connectivity index (χ2v) is 6.74. The molecular formula is C17H27ClN2O3. The number of amides is 1. The van der Waals surface area contributed by atoms with E-state index in [4.69, 9.17) is 4.74 Å². The van der Waals surface area contributed by atoms with E-state index in [2.05, 4.69) is 37.5 Å². The van der Waals surface area contributed by atoms with Crippen LogP contribution in [0.4, 0.5) is 0 Å². The van der Waals surface area contributed by atoms with Crippen LogP contribution in [0.1, 0.15) is 32.8 Å². The summed E-state index contributed by atoms with van der Waals surface area (Å²) in [6, 6.07) is 7.69. The fourth-order valence-corrected chi connectivity index (χ4v) is 2.59. The maximum absolute atomic E-state index is 11.9. The van der Waals surface area contributed by atoms with Gasteiger partial charge in [-0.2, -0.15) is 0 Å². The van der Waals surface area contributed by atoms with Crippen molar-refractivity contribution in [2.45, 2.75) is 44.8 Å². The van der Waals surface area contributed by atoms with Gasteiger partial charge in [0.2, 0.25) is 5.91 Å². The van der Waals surface area contributed by atoms with Crippen molar-refractivity contribution < 1.29 is 14.6 Å². The summed E-state index contributed by atoms with van der Waals surface area (Å²) in [6.07, 6.45) is 0.0465. The molecule has 2 unspecified atom stereocenters. The number of ether oxygens (including phenoxy) is 1. The Balaban J connectivity index is 0.00000264. The molecule has 130 valence electrons. The van der Waals surface area contributed by atoms with Crippen LogP contribution in [-0.4, -0.2) is 42.9 Å². The van der Waals surface area contributed by atoms with Gasteiger partial charge in [0.25, 0.3) is 0 Å². The number of rotatable bonds is 5. The van der Waals surface area contributed by atoms with Gasteiger partial charge in [-0.05, 0) is 23.5 Å². The van der Waals surface area contributed by atoms with Crippen LogP contribution in [0, 0.1) is 0 Å². The SMILES string of the molecule is CC(C)(C)c1ccccc1OCCNC(=O)C1CC(O)CN1.Cl. The number of hydrogen-bond acceptors (Lipinski definition) is 4. The average molecular weight is 343 g/mol. The lowest BCUT2D eigenvalue weighted by Gasteiger charge is -2.22. The predicted molar refractivity (Wildman–Crippen MR) is 93.3 cm³/mol. The Morgan fingerprint density at radius 2 is 2.09 bits per heavy atom. The van der Waals surface area contributed by atoms with Gasteiger partial charge in [-0.3, -0.25) is 4.79 Å². The topological polar surface area (TPSA) is 70.6 Å². The van der Waals surface area contributed by atoms with E-state index in [-0.39, 0.29) is 29.8 Å². The standard InChI is InChI=1S/C17H26N2O3.ClH/c1-17(2,3)13-6-4-5-7-15(13)22-9-8-18-16(21)14-10-12(20)11-19-14;/h4-7,12,14,19-20H,8-11H2,1-3H3,(H,18,21);1H. The number of carbonyl (C=O) groups excluding carboxylic acids is 1. The van der Waals surface area contributed by atoms with Crippen molar-refractivity contribution in [2.24, 2.45) is 0 Å². The maximum atomic E-state index is 11.9. The van der Waals surface area contributed by atoms with Crippen LogP contribution in [-0.2, 0) is 10.2 Å². The largest absolute Gasteiger partial charge is 0.491 e. The third kappa shape index (κ3) is 5.68. The van der Waals surface area contributed by atoms with Crippen LogP contribution in [0.15, 0.2) is 24.3 Å². The first-order valence-corrected chi connectivity index (χ1v) is 7.79. The lowest BCUT2D eigenvalue weighted by molar-refractivity contribution is -0.123. The van der Waals surface area contributed by atoms with Crippen molar-refractivity contribution in [2.75, 3.05) is 19.7 Å². The molecule has 6 heteroatoms. The summed E-state index contributed by atoms with van der Waals surface area (Å²) in [7, 11) is 0. The molecule has 1 heterocycles. The number of carbonyl (C=O) groups is 1. The fraction of sp³-hybridized carbons (Fsp3) is 0.588. The summed E-state index contributed by atoms with van der Waals surface area (Å²) < 4.78 is 5.81. The summed E-state index contributed by atoms with van der Waals surface area (Å²) >= 11 is 0. The minimum Gasteiger partial charge on any atom is -0.491 e. The molecule has 0 radical (unpaired) electrons. The number of aliphatic hydroxyl groups excluding tert-OH is 1. The van der Waals surface area contributed by atoms with Gasteiger partial charge in [0.1, 0.15) is 12.4 Å². The molecule has 1 aromatic carbocycles. The van der Waals surface area contributed by atoms with Gasteiger partial charge in [-0.15, -0.1) is 12.4 Å². The average Bonchev–Trinajstić information content (AvgIpc) is 2.89. The second kappa shape index (κ2) is 8.52. The maximum Gasteiger partial charge on any atom is 0.237 e. The van der Waals surface area contributed by atoms with Gasteiger partial charge >= 0.3 is 0 Å². The van der Waals surface area contributed by atoms with Gasteiger partial charge in [-0.1, -0.05) is 39.0 Å². The van der Waals surface area contributed by atoms with Gasteiger partial charge in [0.15, 0.2) is 0 Å². The number of hydrogen-bond donors (Lipinski definition) is 3. The van der Waals surface area contributed by atoms with Crippen LogP contribution in [0.5, 0.6) is 5.75 Å². The number of β-amino-alcohol motifs (C(OH)–C–C–N with tert-alkyl or cyclic N) is 1. The normalized spacial score (nSPS) is 20.7. The molecule has 5 nitrogen and oxygen atoms in total. The van der Waals surface area contributed by atoms with E-state index < -0.39 is 6.10 Å². The molecule has 1 aliphatic heterocycles. The molecule has 0 spiro atoms. The third-order valence-corrected chi connectivity index (χ3v) is 3.78. The van der Waals surface area contributed by atoms with E-state index in [9.17, 15) is 9.90 Å². The Morgan fingerprint density at radius 3 is 2.70 bits per heavy atom. The molecule has 3 N–H and O–H groups in total. The molecule has 1 fully saturated rings. The fourth-order valence-electron chi connectivity index (χ4n) is 2.59. The highest BCUT2D eigenvalue weighted by Gasteiger charge is 2.27. The molecule has 0 bridgehead atoms. The number of aliphatic hydroxyl groups is 1. The van der Waals surface area contributed by atoms with Crippen LogP contribution in [0.3, 0.4) is 0 Å². The highest BCUT2D eigenvalue weighted by atomic mass is 35.5. The van der Waals surface area contributed by atoms with E-state index in [0.717, 1.165) is 11.3 Å². The predicted octanol–water partition coefficient (Wildman–Crippen LogP) is 1.62. The molecule has 0 aromatic heterocycles. The second-order valence-electron chi connectivity index (χ2n) is 6.74. The van der Waals surface area contributed by atoms with Gasteiger partial charge in [0.05, 0.1) is 18.7 Å². The van der Waals surface area contributed by atoms with E-state index in [1.54, 1.807) is 0 Å². The summed E-state index contributed by atoms with van der Waals surface area (Å²) in [4.78, 5) is 11.9. The van der Waals surface area contributed by atoms with Crippen molar-refractivity contribution in [1.29, 1.82) is 0 Å². The number of benzene rings is 1. The quantitative estimate of drug-likeness (QED) is 0.711. The van der Waals surface area contributed by atoms with Crippen molar-refractivity contribution in [3.8, 4) is 5.75 Å². The number of halogens is 1. The van der Waals surface area contributed by atoms with Crippen molar-refractivity contribution >= 4 is 18.3 Å². The van der Waals surface area contributed by atoms with Gasteiger partial charge in [-0.25, -0.2) is 0 Å². The van der Waals surface area contributed by atoms with Crippen molar-refractivity contribution in [3.05, 3.63) is 29.8 Å². The summed E-state index contributed by atoms with van der Waals surface area (Å²) in [5.74, 6) is 0.780. The molecular weight excluding hydrogens is 316 g/mol. The van der Waals surface area contributed by atoms with E-state index in [1.807, 2.05) is 18.2 Å². The first-order valence-electron chi connectivity index (χ1n) is 7.79. The van der Waals surface area contributed by atoms with Crippen LogP contribution >= 0.6 is 12.4 Å². The summed E-state index contributed by atoms with van der Waals surface area (Å²) in [5, 5.41) is 15.2. The molecule has 0 aliphatic carbocycles. The Morgan fingerprint density at radius 1 is 1.39 bits per heavy atom.